The summed E-state index contributed by atoms with van der Waals surface area (Å²) in [6.45, 7) is 5.02. The number of halogens is 1. The Morgan fingerprint density at radius 2 is 1.90 bits per heavy atom. The Morgan fingerprint density at radius 1 is 1.16 bits per heavy atom. The van der Waals surface area contributed by atoms with E-state index in [0.29, 0.717) is 16.8 Å². The van der Waals surface area contributed by atoms with Gasteiger partial charge in [-0.2, -0.15) is 5.10 Å². The molecule has 2 heterocycles. The van der Waals surface area contributed by atoms with E-state index in [1.165, 1.54) is 13.2 Å². The lowest BCUT2D eigenvalue weighted by molar-refractivity contribution is 0.402. The molecule has 0 aliphatic carbocycles. The number of H-pyrrole nitrogens is 1. The second-order valence-electron chi connectivity index (χ2n) is 7.82. The summed E-state index contributed by atoms with van der Waals surface area (Å²) in [6.07, 6.45) is 3.27. The Balaban J connectivity index is 0.000000225. The van der Waals surface area contributed by atoms with Crippen LogP contribution in [0.4, 0.5) is 10.1 Å². The first-order chi connectivity index (χ1) is 14.6. The van der Waals surface area contributed by atoms with Gasteiger partial charge in [-0.25, -0.2) is 12.8 Å². The van der Waals surface area contributed by atoms with Gasteiger partial charge in [-0.15, -0.1) is 0 Å². The number of nitrogens with zero attached hydrogens (tertiary/aromatic N) is 2. The Morgan fingerprint density at radius 3 is 2.52 bits per heavy atom. The number of benzene rings is 2. The van der Waals surface area contributed by atoms with Crippen molar-refractivity contribution in [2.24, 2.45) is 0 Å². The molecule has 2 aromatic carbocycles. The molecule has 4 rings (SSSR count). The van der Waals surface area contributed by atoms with Crippen LogP contribution in [0.15, 0.2) is 53.7 Å². The third-order valence-corrected chi connectivity index (χ3v) is 7.33. The number of anilines is 1. The number of sulfone groups is 1. The number of rotatable bonds is 3. The normalized spacial score (nSPS) is 11.8. The number of aromatic amines is 1. The van der Waals surface area contributed by atoms with Crippen LogP contribution in [-0.4, -0.2) is 42.5 Å². The molecule has 0 spiro atoms. The number of ether oxygens (including phenoxy) is 1. The predicted octanol–water partition coefficient (Wildman–Crippen LogP) is 4.56. The second-order valence-corrected chi connectivity index (χ2v) is 10.5. The SMILES string of the molecule is CNc1ccnc2cc(OC)c(S(=O)(=O)C(C)(C)C)cc12.Fc1cccc2cn[nH]c12. The fourth-order valence-corrected chi connectivity index (χ4v) is 4.34. The molecule has 2 N–H and O–H groups in total. The molecule has 0 bridgehead atoms. The Bertz CT molecular complexity index is 1330. The summed E-state index contributed by atoms with van der Waals surface area (Å²) in [7, 11) is -0.264. The van der Waals surface area contributed by atoms with Crippen LogP contribution in [0.3, 0.4) is 0 Å². The van der Waals surface area contributed by atoms with Gasteiger partial charge in [0.15, 0.2) is 9.84 Å². The van der Waals surface area contributed by atoms with Gasteiger partial charge in [0.2, 0.25) is 0 Å². The van der Waals surface area contributed by atoms with Crippen LogP contribution in [0.1, 0.15) is 20.8 Å². The molecule has 0 saturated carbocycles. The van der Waals surface area contributed by atoms with Crippen LogP contribution in [-0.2, 0) is 9.84 Å². The zero-order chi connectivity index (χ0) is 22.8. The van der Waals surface area contributed by atoms with Crippen molar-refractivity contribution in [1.82, 2.24) is 15.2 Å². The van der Waals surface area contributed by atoms with Gasteiger partial charge in [0, 0.05) is 35.8 Å². The first-order valence-corrected chi connectivity index (χ1v) is 11.0. The van der Waals surface area contributed by atoms with E-state index < -0.39 is 14.6 Å². The summed E-state index contributed by atoms with van der Waals surface area (Å²) < 4.78 is 42.6. The summed E-state index contributed by atoms with van der Waals surface area (Å²) in [5.41, 5.74) is 1.99. The molecule has 0 radical (unpaired) electrons. The number of hydrogen-bond acceptors (Lipinski definition) is 6. The van der Waals surface area contributed by atoms with E-state index in [1.54, 1.807) is 58.4 Å². The molecule has 0 atom stereocenters. The fourth-order valence-electron chi connectivity index (χ4n) is 3.00. The van der Waals surface area contributed by atoms with Gasteiger partial charge in [0.05, 0.1) is 23.6 Å². The van der Waals surface area contributed by atoms with Crippen molar-refractivity contribution in [3.8, 4) is 5.75 Å². The third-order valence-electron chi connectivity index (χ3n) is 4.82. The van der Waals surface area contributed by atoms with Gasteiger partial charge in [-0.3, -0.25) is 10.1 Å². The highest BCUT2D eigenvalue weighted by Gasteiger charge is 2.34. The van der Waals surface area contributed by atoms with Gasteiger partial charge in [0.1, 0.15) is 22.0 Å². The van der Waals surface area contributed by atoms with Gasteiger partial charge < -0.3 is 10.1 Å². The number of aromatic nitrogens is 3. The number of para-hydroxylation sites is 1. The quantitative estimate of drug-likeness (QED) is 0.481. The summed E-state index contributed by atoms with van der Waals surface area (Å²) in [4.78, 5) is 4.46. The van der Waals surface area contributed by atoms with Crippen molar-refractivity contribution < 1.29 is 17.5 Å². The van der Waals surface area contributed by atoms with Gasteiger partial charge >= 0.3 is 0 Å². The van der Waals surface area contributed by atoms with Gasteiger partial charge in [0.25, 0.3) is 0 Å². The molecule has 0 aliphatic heterocycles. The summed E-state index contributed by atoms with van der Waals surface area (Å²) in [5, 5.41) is 10.9. The van der Waals surface area contributed by atoms with Crippen molar-refractivity contribution in [2.75, 3.05) is 19.5 Å². The number of methoxy groups -OCH3 is 1. The minimum atomic E-state index is -3.52. The second kappa shape index (κ2) is 8.50. The zero-order valence-corrected chi connectivity index (χ0v) is 18.8. The minimum absolute atomic E-state index is 0.189. The third kappa shape index (κ3) is 4.32. The highest BCUT2D eigenvalue weighted by atomic mass is 32.2. The van der Waals surface area contributed by atoms with Crippen LogP contribution in [0.25, 0.3) is 21.8 Å². The number of fused-ring (bicyclic) bond motifs is 2. The summed E-state index contributed by atoms with van der Waals surface area (Å²) in [6, 6.07) is 9.97. The fraction of sp³-hybridized carbons (Fsp3) is 0.273. The molecule has 31 heavy (non-hydrogen) atoms. The van der Waals surface area contributed by atoms with Crippen molar-refractivity contribution in [3.05, 3.63) is 54.6 Å². The maximum absolute atomic E-state index is 12.8. The van der Waals surface area contributed by atoms with Crippen LogP contribution < -0.4 is 10.1 Å². The smallest absolute Gasteiger partial charge is 0.186 e. The summed E-state index contributed by atoms with van der Waals surface area (Å²) >= 11 is 0. The van der Waals surface area contributed by atoms with Gasteiger partial charge in [-0.05, 0) is 39.0 Å². The lowest BCUT2D eigenvalue weighted by Crippen LogP contribution is -2.28. The Kier molecular flexibility index (Phi) is 6.17. The van der Waals surface area contributed by atoms with Crippen LogP contribution in [0.2, 0.25) is 0 Å². The average Bonchev–Trinajstić information content (AvgIpc) is 3.22. The average molecular weight is 445 g/mol. The molecule has 9 heteroatoms. The molecule has 0 saturated heterocycles. The van der Waals surface area contributed by atoms with Crippen LogP contribution >= 0.6 is 0 Å². The van der Waals surface area contributed by atoms with Crippen molar-refractivity contribution in [3.63, 3.8) is 0 Å². The minimum Gasteiger partial charge on any atom is -0.495 e. The predicted molar refractivity (Wildman–Crippen MR) is 121 cm³/mol. The molecular formula is C22H25FN4O3S. The van der Waals surface area contributed by atoms with E-state index in [1.807, 2.05) is 12.1 Å². The van der Waals surface area contributed by atoms with Crippen molar-refractivity contribution in [2.45, 2.75) is 30.4 Å². The molecular weight excluding hydrogens is 419 g/mol. The van der Waals surface area contributed by atoms with E-state index >= 15 is 0 Å². The molecule has 2 aromatic heterocycles. The van der Waals surface area contributed by atoms with E-state index in [2.05, 4.69) is 20.5 Å². The van der Waals surface area contributed by atoms with Crippen LogP contribution in [0.5, 0.6) is 5.75 Å². The topological polar surface area (TPSA) is 97.0 Å². The molecule has 0 aliphatic rings. The van der Waals surface area contributed by atoms with E-state index in [0.717, 1.165) is 16.5 Å². The van der Waals surface area contributed by atoms with Gasteiger partial charge in [-0.1, -0.05) is 12.1 Å². The van der Waals surface area contributed by atoms with Crippen LogP contribution in [0, 0.1) is 5.82 Å². The highest BCUT2D eigenvalue weighted by Crippen LogP contribution is 2.36. The number of pyridine rings is 1. The molecule has 7 nitrogen and oxygen atoms in total. The summed E-state index contributed by atoms with van der Waals surface area (Å²) in [5.74, 6) is 0.0631. The maximum atomic E-state index is 12.8. The standard InChI is InChI=1S/C15H20N2O3S.C7H5FN2/c1-15(2,3)21(18,19)14-8-10-11(16-4)6-7-17-12(10)9-13(14)20-5;8-6-3-1-2-5-4-9-10-7(5)6/h6-9H,1-5H3,(H,16,17);1-4H,(H,9,10). The maximum Gasteiger partial charge on any atom is 0.186 e. The number of hydrogen-bond donors (Lipinski definition) is 2. The van der Waals surface area contributed by atoms with E-state index in [-0.39, 0.29) is 10.7 Å². The van der Waals surface area contributed by atoms with Crippen molar-refractivity contribution >= 4 is 37.3 Å². The molecule has 164 valence electrons. The van der Waals surface area contributed by atoms with Crippen molar-refractivity contribution in [1.29, 1.82) is 0 Å². The Labute approximate surface area is 180 Å². The van der Waals surface area contributed by atoms with E-state index in [4.69, 9.17) is 4.74 Å². The lowest BCUT2D eigenvalue weighted by Gasteiger charge is -2.21. The van der Waals surface area contributed by atoms with E-state index in [9.17, 15) is 12.8 Å². The Hall–Kier alpha value is -3.20. The molecule has 0 amide bonds. The lowest BCUT2D eigenvalue weighted by atomic mass is 10.2. The molecule has 0 fully saturated rings. The first kappa shape index (κ1) is 22.5. The largest absolute Gasteiger partial charge is 0.495 e. The molecule has 0 unspecified atom stereocenters. The zero-order valence-electron chi connectivity index (χ0n) is 18.0. The highest BCUT2D eigenvalue weighted by molar-refractivity contribution is 7.92. The first-order valence-electron chi connectivity index (χ1n) is 9.57. The molecule has 4 aromatic rings. The number of nitrogens with one attached hydrogen (secondary N) is 2. The monoisotopic (exact) mass is 444 g/mol.